The number of rotatable bonds is 1. The third-order valence-electron chi connectivity index (χ3n) is 4.94. The van der Waals surface area contributed by atoms with E-state index in [1.807, 2.05) is 6.20 Å². The lowest BCUT2D eigenvalue weighted by Gasteiger charge is -2.55. The van der Waals surface area contributed by atoms with Gasteiger partial charge < -0.3 is 0 Å². The SMILES string of the molecule is c1nonc1C12CC3CC(CC(C3)C1)C2. The molecule has 0 spiro atoms. The van der Waals surface area contributed by atoms with Crippen molar-refractivity contribution in [2.75, 3.05) is 0 Å². The van der Waals surface area contributed by atoms with Crippen LogP contribution >= 0.6 is 0 Å². The molecular weight excluding hydrogens is 188 g/mol. The molecule has 1 aromatic rings. The zero-order valence-corrected chi connectivity index (χ0v) is 8.85. The largest absolute Gasteiger partial charge is 0.244 e. The summed E-state index contributed by atoms with van der Waals surface area (Å²) in [6.07, 6.45) is 10.3. The second kappa shape index (κ2) is 2.63. The Labute approximate surface area is 89.2 Å². The van der Waals surface area contributed by atoms with E-state index >= 15 is 0 Å². The molecule has 0 amide bonds. The Balaban J connectivity index is 1.77. The highest BCUT2D eigenvalue weighted by Crippen LogP contribution is 2.60. The molecule has 80 valence electrons. The van der Waals surface area contributed by atoms with Crippen molar-refractivity contribution in [2.45, 2.75) is 43.9 Å². The van der Waals surface area contributed by atoms with E-state index in [0.29, 0.717) is 5.41 Å². The lowest BCUT2D eigenvalue weighted by atomic mass is 9.49. The molecule has 4 saturated carbocycles. The Morgan fingerprint density at radius 1 is 1.07 bits per heavy atom. The molecule has 1 aromatic heterocycles. The second-order valence-electron chi connectivity index (χ2n) is 5.99. The summed E-state index contributed by atoms with van der Waals surface area (Å²) in [4.78, 5) is 0. The van der Waals surface area contributed by atoms with E-state index in [9.17, 15) is 0 Å². The maximum Gasteiger partial charge on any atom is 0.111 e. The minimum absolute atomic E-state index is 0.356. The zero-order chi connectivity index (χ0) is 9.88. The van der Waals surface area contributed by atoms with Crippen LogP contribution in [0.1, 0.15) is 44.2 Å². The number of hydrogen-bond donors (Lipinski definition) is 0. The summed E-state index contributed by atoms with van der Waals surface area (Å²) in [6, 6.07) is 0. The maximum atomic E-state index is 4.80. The van der Waals surface area contributed by atoms with Crippen LogP contribution in [0.5, 0.6) is 0 Å². The summed E-state index contributed by atoms with van der Waals surface area (Å²) in [5, 5.41) is 7.91. The average molecular weight is 204 g/mol. The highest BCUT2D eigenvalue weighted by molar-refractivity contribution is 5.19. The molecule has 0 aliphatic heterocycles. The van der Waals surface area contributed by atoms with Crippen LogP contribution in [0.2, 0.25) is 0 Å². The van der Waals surface area contributed by atoms with E-state index in [0.717, 1.165) is 23.4 Å². The van der Waals surface area contributed by atoms with Gasteiger partial charge in [0.05, 0.1) is 6.20 Å². The first kappa shape index (κ1) is 8.31. The molecule has 3 nitrogen and oxygen atoms in total. The number of hydrogen-bond acceptors (Lipinski definition) is 3. The van der Waals surface area contributed by atoms with Crippen LogP contribution in [0.15, 0.2) is 10.8 Å². The first-order chi connectivity index (χ1) is 7.34. The number of aromatic nitrogens is 2. The van der Waals surface area contributed by atoms with Crippen LogP contribution in [0, 0.1) is 17.8 Å². The van der Waals surface area contributed by atoms with Gasteiger partial charge in [0, 0.05) is 5.41 Å². The van der Waals surface area contributed by atoms with Gasteiger partial charge in [-0.1, -0.05) is 10.3 Å². The van der Waals surface area contributed by atoms with Gasteiger partial charge in [-0.05, 0) is 56.3 Å². The Morgan fingerprint density at radius 2 is 1.67 bits per heavy atom. The van der Waals surface area contributed by atoms with E-state index in [2.05, 4.69) is 10.3 Å². The van der Waals surface area contributed by atoms with Gasteiger partial charge in [0.1, 0.15) is 5.69 Å². The van der Waals surface area contributed by atoms with Crippen LogP contribution in [0.3, 0.4) is 0 Å². The van der Waals surface area contributed by atoms with Crippen molar-refractivity contribution in [1.82, 2.24) is 10.3 Å². The van der Waals surface area contributed by atoms with Crippen molar-refractivity contribution in [1.29, 1.82) is 0 Å². The van der Waals surface area contributed by atoms with Gasteiger partial charge >= 0.3 is 0 Å². The molecule has 3 heteroatoms. The fourth-order valence-electron chi connectivity index (χ4n) is 4.82. The molecule has 15 heavy (non-hydrogen) atoms. The maximum absolute atomic E-state index is 4.80. The van der Waals surface area contributed by atoms with Crippen molar-refractivity contribution in [3.05, 3.63) is 11.9 Å². The third kappa shape index (κ3) is 1.06. The monoisotopic (exact) mass is 204 g/mol. The molecule has 0 unspecified atom stereocenters. The van der Waals surface area contributed by atoms with E-state index in [1.165, 1.54) is 38.5 Å². The van der Waals surface area contributed by atoms with Gasteiger partial charge in [0.25, 0.3) is 0 Å². The van der Waals surface area contributed by atoms with E-state index in [4.69, 9.17) is 4.63 Å². The van der Waals surface area contributed by atoms with Crippen molar-refractivity contribution in [3.8, 4) is 0 Å². The minimum atomic E-state index is 0.356. The molecule has 0 atom stereocenters. The van der Waals surface area contributed by atoms with Gasteiger partial charge in [0.15, 0.2) is 0 Å². The molecule has 4 fully saturated rings. The smallest absolute Gasteiger partial charge is 0.111 e. The molecule has 0 N–H and O–H groups in total. The summed E-state index contributed by atoms with van der Waals surface area (Å²) in [5.41, 5.74) is 1.50. The van der Waals surface area contributed by atoms with Crippen molar-refractivity contribution < 1.29 is 4.63 Å². The quantitative estimate of drug-likeness (QED) is 0.705. The molecule has 1 heterocycles. The molecule has 4 aliphatic carbocycles. The first-order valence-corrected chi connectivity index (χ1v) is 6.12. The van der Waals surface area contributed by atoms with Crippen molar-refractivity contribution in [3.63, 3.8) is 0 Å². The van der Waals surface area contributed by atoms with Gasteiger partial charge in [-0.2, -0.15) is 0 Å². The zero-order valence-electron chi connectivity index (χ0n) is 8.85. The lowest BCUT2D eigenvalue weighted by molar-refractivity contribution is -0.00856. The molecule has 0 saturated heterocycles. The average Bonchev–Trinajstić information content (AvgIpc) is 2.67. The highest BCUT2D eigenvalue weighted by Gasteiger charge is 2.52. The fourth-order valence-corrected chi connectivity index (χ4v) is 4.82. The lowest BCUT2D eigenvalue weighted by Crippen LogP contribution is -2.48. The first-order valence-electron chi connectivity index (χ1n) is 6.12. The third-order valence-corrected chi connectivity index (χ3v) is 4.94. The van der Waals surface area contributed by atoms with Gasteiger partial charge in [-0.3, -0.25) is 0 Å². The molecule has 0 radical (unpaired) electrons. The standard InChI is InChI=1S/C12H16N2O/c1-8-2-10-3-9(1)5-12(4-8,6-10)11-7-13-15-14-11/h7-10H,1-6H2. The second-order valence-corrected chi connectivity index (χ2v) is 5.99. The van der Waals surface area contributed by atoms with Crippen LogP contribution < -0.4 is 0 Å². The summed E-state index contributed by atoms with van der Waals surface area (Å²) >= 11 is 0. The summed E-state index contributed by atoms with van der Waals surface area (Å²) in [5.74, 6) is 2.90. The molecular formula is C12H16N2O. The van der Waals surface area contributed by atoms with Crippen molar-refractivity contribution >= 4 is 0 Å². The van der Waals surface area contributed by atoms with Crippen molar-refractivity contribution in [2.24, 2.45) is 17.8 Å². The Morgan fingerprint density at radius 3 is 2.13 bits per heavy atom. The number of nitrogens with zero attached hydrogens (tertiary/aromatic N) is 2. The Bertz CT molecular complexity index is 336. The predicted molar refractivity (Wildman–Crippen MR) is 54.1 cm³/mol. The Kier molecular flexibility index (Phi) is 1.46. The highest BCUT2D eigenvalue weighted by atomic mass is 16.6. The van der Waals surface area contributed by atoms with E-state index in [1.54, 1.807) is 0 Å². The molecule has 4 aliphatic rings. The van der Waals surface area contributed by atoms with Gasteiger partial charge in [0.2, 0.25) is 0 Å². The van der Waals surface area contributed by atoms with Gasteiger partial charge in [-0.25, -0.2) is 4.63 Å². The normalized spacial score (nSPS) is 47.3. The molecule has 5 rings (SSSR count). The molecule has 0 aromatic carbocycles. The van der Waals surface area contributed by atoms with Crippen LogP contribution in [0.4, 0.5) is 0 Å². The van der Waals surface area contributed by atoms with E-state index < -0.39 is 0 Å². The van der Waals surface area contributed by atoms with E-state index in [-0.39, 0.29) is 0 Å². The summed E-state index contributed by atoms with van der Waals surface area (Å²) < 4.78 is 4.80. The Hall–Kier alpha value is -0.860. The van der Waals surface area contributed by atoms with Crippen LogP contribution in [-0.4, -0.2) is 10.3 Å². The minimum Gasteiger partial charge on any atom is -0.244 e. The predicted octanol–water partition coefficient (Wildman–Crippen LogP) is 2.54. The summed E-state index contributed by atoms with van der Waals surface area (Å²) in [7, 11) is 0. The topological polar surface area (TPSA) is 38.9 Å². The fraction of sp³-hybridized carbons (Fsp3) is 0.833. The van der Waals surface area contributed by atoms with Crippen LogP contribution in [0.25, 0.3) is 0 Å². The van der Waals surface area contributed by atoms with Crippen LogP contribution in [-0.2, 0) is 5.41 Å². The molecule has 4 bridgehead atoms. The summed E-state index contributed by atoms with van der Waals surface area (Å²) in [6.45, 7) is 0. The van der Waals surface area contributed by atoms with Gasteiger partial charge in [-0.15, -0.1) is 0 Å².